The van der Waals surface area contributed by atoms with Gasteiger partial charge in [0, 0.05) is 38.6 Å². The van der Waals surface area contributed by atoms with Gasteiger partial charge in [-0.1, -0.05) is 0 Å². The van der Waals surface area contributed by atoms with Gasteiger partial charge >= 0.3 is 5.69 Å². The highest BCUT2D eigenvalue weighted by Gasteiger charge is 2.25. The van der Waals surface area contributed by atoms with E-state index >= 15 is 0 Å². The second kappa shape index (κ2) is 7.87. The van der Waals surface area contributed by atoms with Crippen molar-refractivity contribution in [3.63, 3.8) is 0 Å². The molecule has 3 N–H and O–H groups in total. The van der Waals surface area contributed by atoms with Gasteiger partial charge in [-0.2, -0.15) is 0 Å². The molecule has 0 spiro atoms. The molecule has 0 bridgehead atoms. The molecule has 27 heavy (non-hydrogen) atoms. The minimum absolute atomic E-state index is 0.0160. The Kier molecular flexibility index (Phi) is 5.36. The molecule has 0 amide bonds. The van der Waals surface area contributed by atoms with E-state index in [4.69, 9.17) is 9.74 Å². The highest BCUT2D eigenvalue weighted by atomic mass is 16.6. The largest absolute Gasteiger partial charge is 0.396 e. The number of aliphatic hydroxyl groups excluding tert-OH is 1. The fraction of sp³-hybridized carbons (Fsp3) is 0.294. The zero-order chi connectivity index (χ0) is 19.4. The summed E-state index contributed by atoms with van der Waals surface area (Å²) in [6, 6.07) is 9.30. The molecule has 0 saturated heterocycles. The molecule has 2 aromatic carbocycles. The predicted octanol–water partition coefficient (Wildman–Crippen LogP) is 2.73. The molecule has 0 fully saturated rings. The van der Waals surface area contributed by atoms with Gasteiger partial charge in [-0.25, -0.2) is 4.63 Å². The number of nitrogens with zero attached hydrogens (tertiary/aromatic N) is 4. The molecule has 142 valence electrons. The summed E-state index contributed by atoms with van der Waals surface area (Å²) in [6.07, 6.45) is 0.459. The van der Waals surface area contributed by atoms with E-state index in [1.54, 1.807) is 6.07 Å². The van der Waals surface area contributed by atoms with Crippen molar-refractivity contribution in [3.8, 4) is 0 Å². The van der Waals surface area contributed by atoms with Gasteiger partial charge in [-0.15, -0.1) is 0 Å². The second-order valence-electron chi connectivity index (χ2n) is 6.11. The number of rotatable bonds is 8. The fourth-order valence-corrected chi connectivity index (χ4v) is 2.64. The van der Waals surface area contributed by atoms with Crippen LogP contribution in [0.3, 0.4) is 0 Å². The van der Waals surface area contributed by atoms with Crippen molar-refractivity contribution in [3.05, 3.63) is 40.4 Å². The quantitative estimate of drug-likeness (QED) is 0.310. The SMILES string of the molecule is CN(C)c1ccc(Nc2cc(NCCCO)c([N+](=O)[O-])c3nonc23)cc1. The number of aromatic nitrogens is 2. The summed E-state index contributed by atoms with van der Waals surface area (Å²) in [7, 11) is 3.90. The molecule has 0 aliphatic carbocycles. The lowest BCUT2D eigenvalue weighted by atomic mass is 10.1. The normalized spacial score (nSPS) is 10.8. The molecule has 0 atom stereocenters. The number of benzene rings is 2. The third kappa shape index (κ3) is 3.90. The molecule has 0 unspecified atom stereocenters. The summed E-state index contributed by atoms with van der Waals surface area (Å²) in [5.74, 6) is 0. The van der Waals surface area contributed by atoms with Crippen LogP contribution >= 0.6 is 0 Å². The van der Waals surface area contributed by atoms with E-state index in [1.807, 2.05) is 43.3 Å². The zero-order valence-corrected chi connectivity index (χ0v) is 15.0. The summed E-state index contributed by atoms with van der Waals surface area (Å²) in [4.78, 5) is 13.0. The van der Waals surface area contributed by atoms with Crippen molar-refractivity contribution in [1.82, 2.24) is 10.3 Å². The lowest BCUT2D eigenvalue weighted by Crippen LogP contribution is -2.08. The van der Waals surface area contributed by atoms with Crippen molar-refractivity contribution in [2.24, 2.45) is 0 Å². The van der Waals surface area contributed by atoms with Gasteiger partial charge in [-0.05, 0) is 47.1 Å². The Hall–Kier alpha value is -3.40. The van der Waals surface area contributed by atoms with E-state index < -0.39 is 4.92 Å². The highest BCUT2D eigenvalue weighted by Crippen LogP contribution is 2.38. The number of hydrogen-bond donors (Lipinski definition) is 3. The molecular formula is C17H20N6O4. The number of nitrogens with one attached hydrogen (secondary N) is 2. The number of aliphatic hydroxyl groups is 1. The van der Waals surface area contributed by atoms with E-state index in [0.717, 1.165) is 11.4 Å². The minimum Gasteiger partial charge on any atom is -0.396 e. The molecule has 1 heterocycles. The average Bonchev–Trinajstić information content (AvgIpc) is 3.11. The van der Waals surface area contributed by atoms with Crippen LogP contribution in [0.25, 0.3) is 11.0 Å². The number of nitro groups is 1. The van der Waals surface area contributed by atoms with E-state index in [-0.39, 0.29) is 29.0 Å². The molecule has 0 aliphatic rings. The van der Waals surface area contributed by atoms with E-state index in [1.165, 1.54) is 0 Å². The summed E-state index contributed by atoms with van der Waals surface area (Å²) in [5.41, 5.74) is 2.76. The van der Waals surface area contributed by atoms with E-state index in [9.17, 15) is 10.1 Å². The smallest absolute Gasteiger partial charge is 0.323 e. The van der Waals surface area contributed by atoms with Gasteiger partial charge in [0.15, 0.2) is 5.52 Å². The van der Waals surface area contributed by atoms with Crippen LogP contribution in [0.4, 0.5) is 28.4 Å². The van der Waals surface area contributed by atoms with Crippen LogP contribution in [-0.2, 0) is 0 Å². The van der Waals surface area contributed by atoms with Crippen molar-refractivity contribution < 1.29 is 14.7 Å². The maximum atomic E-state index is 11.5. The summed E-state index contributed by atoms with van der Waals surface area (Å²) >= 11 is 0. The molecule has 0 aliphatic heterocycles. The fourth-order valence-electron chi connectivity index (χ4n) is 2.64. The first-order chi connectivity index (χ1) is 13.0. The number of anilines is 4. The molecule has 10 nitrogen and oxygen atoms in total. The zero-order valence-electron chi connectivity index (χ0n) is 15.0. The van der Waals surface area contributed by atoms with Crippen LogP contribution in [-0.4, -0.2) is 47.6 Å². The van der Waals surface area contributed by atoms with Crippen LogP contribution < -0.4 is 15.5 Å². The van der Waals surface area contributed by atoms with Crippen molar-refractivity contribution in [1.29, 1.82) is 0 Å². The van der Waals surface area contributed by atoms with Crippen LogP contribution in [0, 0.1) is 10.1 Å². The van der Waals surface area contributed by atoms with Gasteiger partial charge in [0.05, 0.1) is 10.6 Å². The molecule has 0 radical (unpaired) electrons. The molecule has 10 heteroatoms. The standard InChI is InChI=1S/C17H20N6O4/c1-22(2)12-6-4-11(5-7-12)19-13-10-14(18-8-3-9-24)17(23(25)26)16-15(13)20-27-21-16/h4-7,10,18-19,24H,3,8-9H2,1-2H3. The van der Waals surface area contributed by atoms with Crippen molar-refractivity contribution in [2.45, 2.75) is 6.42 Å². The van der Waals surface area contributed by atoms with E-state index in [0.29, 0.717) is 18.7 Å². The molecule has 0 saturated carbocycles. The van der Waals surface area contributed by atoms with Gasteiger partial charge in [-0.3, -0.25) is 10.1 Å². The van der Waals surface area contributed by atoms with Gasteiger partial charge in [0.25, 0.3) is 0 Å². The van der Waals surface area contributed by atoms with Crippen LogP contribution in [0.5, 0.6) is 0 Å². The Bertz CT molecular complexity index is 938. The molecule has 1 aromatic heterocycles. The van der Waals surface area contributed by atoms with Gasteiger partial charge in [0.1, 0.15) is 5.69 Å². The minimum atomic E-state index is -0.524. The van der Waals surface area contributed by atoms with Crippen molar-refractivity contribution in [2.75, 3.05) is 42.8 Å². The Labute approximate surface area is 154 Å². The lowest BCUT2D eigenvalue weighted by Gasteiger charge is -2.14. The first kappa shape index (κ1) is 18.4. The van der Waals surface area contributed by atoms with E-state index in [2.05, 4.69) is 20.9 Å². The molecule has 3 rings (SSSR count). The molecule has 3 aromatic rings. The topological polar surface area (TPSA) is 130 Å². The summed E-state index contributed by atoms with van der Waals surface area (Å²) in [5, 5.41) is 34.2. The number of hydrogen-bond acceptors (Lipinski definition) is 9. The number of nitro benzene ring substituents is 1. The van der Waals surface area contributed by atoms with Crippen molar-refractivity contribution >= 4 is 39.5 Å². The summed E-state index contributed by atoms with van der Waals surface area (Å²) < 4.78 is 4.75. The Morgan fingerprint density at radius 3 is 2.52 bits per heavy atom. The third-order valence-corrected chi connectivity index (χ3v) is 4.01. The highest BCUT2D eigenvalue weighted by molar-refractivity contribution is 6.00. The average molecular weight is 372 g/mol. The molecular weight excluding hydrogens is 352 g/mol. The Balaban J connectivity index is 2.00. The monoisotopic (exact) mass is 372 g/mol. The predicted molar refractivity (Wildman–Crippen MR) is 103 cm³/mol. The van der Waals surface area contributed by atoms with Gasteiger partial charge in [0.2, 0.25) is 5.52 Å². The Morgan fingerprint density at radius 2 is 1.89 bits per heavy atom. The number of fused-ring (bicyclic) bond motifs is 1. The first-order valence-electron chi connectivity index (χ1n) is 8.34. The maximum absolute atomic E-state index is 11.5. The lowest BCUT2D eigenvalue weighted by molar-refractivity contribution is -0.382. The maximum Gasteiger partial charge on any atom is 0.323 e. The third-order valence-electron chi connectivity index (χ3n) is 4.01. The Morgan fingerprint density at radius 1 is 1.19 bits per heavy atom. The summed E-state index contributed by atoms with van der Waals surface area (Å²) in [6.45, 7) is 0.364. The second-order valence-corrected chi connectivity index (χ2v) is 6.11. The van der Waals surface area contributed by atoms with Gasteiger partial charge < -0.3 is 20.6 Å². The van der Waals surface area contributed by atoms with Crippen LogP contribution in [0.1, 0.15) is 6.42 Å². The van der Waals surface area contributed by atoms with Crippen LogP contribution in [0.15, 0.2) is 35.0 Å². The van der Waals surface area contributed by atoms with Crippen LogP contribution in [0.2, 0.25) is 0 Å². The first-order valence-corrected chi connectivity index (χ1v) is 8.34.